The van der Waals surface area contributed by atoms with Crippen LogP contribution < -0.4 is 0 Å². The van der Waals surface area contributed by atoms with Crippen molar-refractivity contribution in [3.05, 3.63) is 12.2 Å². The summed E-state index contributed by atoms with van der Waals surface area (Å²) in [6, 6.07) is 0. The maximum atomic E-state index is 11.6. The number of hydrogen-bond donors (Lipinski definition) is 1. The fraction of sp³-hybridized carbons (Fsp3) is 0.857. The molecule has 104 valence electrons. The second-order valence-corrected chi connectivity index (χ2v) is 8.24. The molecule has 0 aromatic rings. The van der Waals surface area contributed by atoms with Gasteiger partial charge in [0.15, 0.2) is 0 Å². The van der Waals surface area contributed by atoms with Gasteiger partial charge in [0.25, 0.3) is 0 Å². The van der Waals surface area contributed by atoms with Crippen LogP contribution in [0.4, 0.5) is 0 Å². The largest absolute Gasteiger partial charge is 0.393 e. The number of sulfone groups is 1. The van der Waals surface area contributed by atoms with Crippen LogP contribution in [0.1, 0.15) is 44.9 Å². The highest BCUT2D eigenvalue weighted by Gasteiger charge is 2.35. The quantitative estimate of drug-likeness (QED) is 0.802. The molecule has 0 spiro atoms. The van der Waals surface area contributed by atoms with Crippen molar-refractivity contribution in [2.75, 3.05) is 6.26 Å². The molecule has 0 amide bonds. The van der Waals surface area contributed by atoms with Gasteiger partial charge in [-0.3, -0.25) is 0 Å². The molecule has 3 nitrogen and oxygen atoms in total. The van der Waals surface area contributed by atoms with Gasteiger partial charge in [0, 0.05) is 6.26 Å². The molecule has 0 bridgehead atoms. The summed E-state index contributed by atoms with van der Waals surface area (Å²) < 4.78 is 23.3. The zero-order valence-electron chi connectivity index (χ0n) is 11.1. The van der Waals surface area contributed by atoms with Crippen molar-refractivity contribution in [3.63, 3.8) is 0 Å². The molecule has 4 heteroatoms. The van der Waals surface area contributed by atoms with Gasteiger partial charge in [-0.25, -0.2) is 8.42 Å². The van der Waals surface area contributed by atoms with Crippen molar-refractivity contribution in [1.29, 1.82) is 0 Å². The SMILES string of the molecule is CS(=O)(=O)C1CCCC(C(O)C2CC=CCC2)C1. The van der Waals surface area contributed by atoms with Crippen LogP contribution in [0.25, 0.3) is 0 Å². The van der Waals surface area contributed by atoms with E-state index in [0.29, 0.717) is 12.3 Å². The third kappa shape index (κ3) is 3.35. The lowest BCUT2D eigenvalue weighted by atomic mass is 9.77. The van der Waals surface area contributed by atoms with Crippen LogP contribution in [-0.2, 0) is 9.84 Å². The lowest BCUT2D eigenvalue weighted by Crippen LogP contribution is -2.37. The smallest absolute Gasteiger partial charge is 0.150 e. The minimum absolute atomic E-state index is 0.176. The Morgan fingerprint density at radius 3 is 2.56 bits per heavy atom. The van der Waals surface area contributed by atoms with E-state index < -0.39 is 9.84 Å². The van der Waals surface area contributed by atoms with E-state index in [-0.39, 0.29) is 17.3 Å². The maximum absolute atomic E-state index is 11.6. The lowest BCUT2D eigenvalue weighted by Gasteiger charge is -2.35. The van der Waals surface area contributed by atoms with E-state index in [2.05, 4.69) is 12.2 Å². The van der Waals surface area contributed by atoms with Crippen molar-refractivity contribution in [2.45, 2.75) is 56.3 Å². The van der Waals surface area contributed by atoms with Gasteiger partial charge in [0.1, 0.15) is 9.84 Å². The van der Waals surface area contributed by atoms with E-state index >= 15 is 0 Å². The van der Waals surface area contributed by atoms with Gasteiger partial charge in [-0.2, -0.15) is 0 Å². The summed E-state index contributed by atoms with van der Waals surface area (Å²) in [5.74, 6) is 0.508. The molecule has 2 aliphatic rings. The van der Waals surface area contributed by atoms with Crippen LogP contribution in [0.2, 0.25) is 0 Å². The van der Waals surface area contributed by atoms with Crippen molar-refractivity contribution in [3.8, 4) is 0 Å². The highest BCUT2D eigenvalue weighted by molar-refractivity contribution is 7.91. The Balaban J connectivity index is 1.98. The summed E-state index contributed by atoms with van der Waals surface area (Å²) in [4.78, 5) is 0. The molecule has 1 fully saturated rings. The summed E-state index contributed by atoms with van der Waals surface area (Å²) in [7, 11) is -2.95. The molecule has 0 aromatic heterocycles. The molecule has 0 radical (unpaired) electrons. The van der Waals surface area contributed by atoms with Crippen LogP contribution >= 0.6 is 0 Å². The maximum Gasteiger partial charge on any atom is 0.150 e. The molecule has 0 aliphatic heterocycles. The second-order valence-electron chi connectivity index (χ2n) is 5.91. The molecule has 0 saturated heterocycles. The first-order chi connectivity index (χ1) is 8.48. The Labute approximate surface area is 110 Å². The van der Waals surface area contributed by atoms with E-state index in [0.717, 1.165) is 38.5 Å². The fourth-order valence-corrected chi connectivity index (χ4v) is 4.58. The zero-order valence-corrected chi connectivity index (χ0v) is 11.9. The summed E-state index contributed by atoms with van der Waals surface area (Å²) in [5, 5.41) is 10.2. The summed E-state index contributed by atoms with van der Waals surface area (Å²) in [6.07, 6.45) is 11.7. The van der Waals surface area contributed by atoms with Gasteiger partial charge >= 0.3 is 0 Å². The Morgan fingerprint density at radius 2 is 1.94 bits per heavy atom. The third-order valence-electron chi connectivity index (χ3n) is 4.55. The molecule has 1 N–H and O–H groups in total. The third-order valence-corrected chi connectivity index (χ3v) is 6.19. The molecule has 2 rings (SSSR count). The predicted octanol–water partition coefficient (Wildman–Crippen LogP) is 2.31. The van der Waals surface area contributed by atoms with Gasteiger partial charge in [-0.15, -0.1) is 0 Å². The first-order valence-electron chi connectivity index (χ1n) is 7.00. The van der Waals surface area contributed by atoms with Crippen LogP contribution in [0.15, 0.2) is 12.2 Å². The van der Waals surface area contributed by atoms with E-state index in [4.69, 9.17) is 0 Å². The minimum Gasteiger partial charge on any atom is -0.393 e. The van der Waals surface area contributed by atoms with E-state index in [1.807, 2.05) is 0 Å². The number of rotatable bonds is 3. The van der Waals surface area contributed by atoms with E-state index in [1.165, 1.54) is 6.26 Å². The van der Waals surface area contributed by atoms with Gasteiger partial charge in [-0.1, -0.05) is 18.6 Å². The van der Waals surface area contributed by atoms with Crippen molar-refractivity contribution in [2.24, 2.45) is 11.8 Å². The zero-order chi connectivity index (χ0) is 13.2. The molecular weight excluding hydrogens is 248 g/mol. The van der Waals surface area contributed by atoms with E-state index in [1.54, 1.807) is 0 Å². The molecular formula is C14H24O3S. The number of hydrogen-bond acceptors (Lipinski definition) is 3. The Kier molecular flexibility index (Phi) is 4.49. The standard InChI is InChI=1S/C14H24O3S/c1-18(16,17)13-9-5-8-12(10-13)14(15)11-6-3-2-4-7-11/h2-3,11-15H,4-10H2,1H3. The number of aliphatic hydroxyl groups is 1. The first-order valence-corrected chi connectivity index (χ1v) is 8.96. The highest BCUT2D eigenvalue weighted by atomic mass is 32.2. The average molecular weight is 272 g/mol. The average Bonchev–Trinajstić information content (AvgIpc) is 2.38. The van der Waals surface area contributed by atoms with Crippen molar-refractivity contribution < 1.29 is 13.5 Å². The molecule has 0 heterocycles. The molecule has 0 aromatic carbocycles. The van der Waals surface area contributed by atoms with Crippen LogP contribution in [-0.4, -0.2) is 31.1 Å². The first kappa shape index (κ1) is 14.1. The monoisotopic (exact) mass is 272 g/mol. The fourth-order valence-electron chi connectivity index (χ4n) is 3.39. The lowest BCUT2D eigenvalue weighted by molar-refractivity contribution is 0.0303. The molecule has 4 unspecified atom stereocenters. The van der Waals surface area contributed by atoms with Crippen molar-refractivity contribution in [1.82, 2.24) is 0 Å². The van der Waals surface area contributed by atoms with Crippen LogP contribution in [0, 0.1) is 11.8 Å². The van der Waals surface area contributed by atoms with Crippen LogP contribution in [0.3, 0.4) is 0 Å². The highest BCUT2D eigenvalue weighted by Crippen LogP contribution is 2.35. The normalized spacial score (nSPS) is 35.3. The number of aliphatic hydroxyl groups excluding tert-OH is 1. The molecule has 4 atom stereocenters. The van der Waals surface area contributed by atoms with Gasteiger partial charge in [-0.05, 0) is 50.4 Å². The minimum atomic E-state index is -2.95. The summed E-state index contributed by atoms with van der Waals surface area (Å²) in [6.45, 7) is 0. The predicted molar refractivity (Wildman–Crippen MR) is 73.1 cm³/mol. The van der Waals surface area contributed by atoms with Gasteiger partial charge < -0.3 is 5.11 Å². The van der Waals surface area contributed by atoms with Gasteiger partial charge in [0.05, 0.1) is 11.4 Å². The van der Waals surface area contributed by atoms with Crippen LogP contribution in [0.5, 0.6) is 0 Å². The molecule has 1 saturated carbocycles. The summed E-state index contributed by atoms with van der Waals surface area (Å²) in [5.41, 5.74) is 0. The topological polar surface area (TPSA) is 54.4 Å². The Morgan fingerprint density at radius 1 is 1.17 bits per heavy atom. The summed E-state index contributed by atoms with van der Waals surface area (Å²) >= 11 is 0. The van der Waals surface area contributed by atoms with Crippen molar-refractivity contribution >= 4 is 9.84 Å². The molecule has 2 aliphatic carbocycles. The number of allylic oxidation sites excluding steroid dienone is 2. The van der Waals surface area contributed by atoms with E-state index in [9.17, 15) is 13.5 Å². The van der Waals surface area contributed by atoms with Gasteiger partial charge in [0.2, 0.25) is 0 Å². The second kappa shape index (κ2) is 5.74. The molecule has 18 heavy (non-hydrogen) atoms. The Hall–Kier alpha value is -0.350. The Bertz CT molecular complexity index is 399.